The summed E-state index contributed by atoms with van der Waals surface area (Å²) in [5, 5.41) is 0. The molecule has 0 spiro atoms. The van der Waals surface area contributed by atoms with E-state index < -0.39 is 6.10 Å². The van der Waals surface area contributed by atoms with E-state index in [1.807, 2.05) is 0 Å². The Kier molecular flexibility index (Phi) is 54.2. The van der Waals surface area contributed by atoms with E-state index in [9.17, 15) is 14.4 Å². The Labute approximate surface area is 416 Å². The van der Waals surface area contributed by atoms with E-state index in [0.29, 0.717) is 19.3 Å². The third kappa shape index (κ3) is 54.4. The summed E-state index contributed by atoms with van der Waals surface area (Å²) in [6.45, 7) is 6.62. The van der Waals surface area contributed by atoms with Crippen LogP contribution in [0.5, 0.6) is 0 Å². The third-order valence-corrected chi connectivity index (χ3v) is 13.1. The van der Waals surface area contributed by atoms with Gasteiger partial charge >= 0.3 is 17.9 Å². The van der Waals surface area contributed by atoms with Crippen molar-refractivity contribution < 1.29 is 28.6 Å². The van der Waals surface area contributed by atoms with E-state index in [-0.39, 0.29) is 31.1 Å². The monoisotopic (exact) mass is 941 g/mol. The Hall–Kier alpha value is -2.37. The van der Waals surface area contributed by atoms with Crippen molar-refractivity contribution in [1.82, 2.24) is 0 Å². The molecule has 392 valence electrons. The molecule has 0 aromatic rings. The fourth-order valence-corrected chi connectivity index (χ4v) is 8.69. The number of hydrogen-bond donors (Lipinski definition) is 0. The summed E-state index contributed by atoms with van der Waals surface area (Å²) >= 11 is 0. The lowest BCUT2D eigenvalue weighted by Crippen LogP contribution is -2.30. The maximum atomic E-state index is 12.7. The zero-order valence-electron chi connectivity index (χ0n) is 44.9. The molecule has 0 rings (SSSR count). The highest BCUT2D eigenvalue weighted by Gasteiger charge is 2.19. The fraction of sp³-hybridized carbons (Fsp3) is 0.852. The quantitative estimate of drug-likeness (QED) is 0.0262. The number of esters is 3. The maximum Gasteiger partial charge on any atom is 0.306 e. The van der Waals surface area contributed by atoms with Crippen LogP contribution in [-0.2, 0) is 28.6 Å². The highest BCUT2D eigenvalue weighted by Crippen LogP contribution is 2.17. The molecule has 0 bridgehead atoms. The van der Waals surface area contributed by atoms with E-state index in [0.717, 1.165) is 70.6 Å². The van der Waals surface area contributed by atoms with Crippen molar-refractivity contribution in [3.8, 4) is 0 Å². The summed E-state index contributed by atoms with van der Waals surface area (Å²) in [4.78, 5) is 37.8. The van der Waals surface area contributed by atoms with Crippen LogP contribution in [0.25, 0.3) is 0 Å². The van der Waals surface area contributed by atoms with Crippen LogP contribution in [0, 0.1) is 0 Å². The topological polar surface area (TPSA) is 78.9 Å². The average Bonchev–Trinajstić information content (AvgIpc) is 3.33. The highest BCUT2D eigenvalue weighted by molar-refractivity contribution is 5.71. The number of unbranched alkanes of at least 4 members (excludes halogenated alkanes) is 37. The number of carbonyl (C=O) groups excluding carboxylic acids is 3. The van der Waals surface area contributed by atoms with Crippen LogP contribution in [0.4, 0.5) is 0 Å². The van der Waals surface area contributed by atoms with Crippen molar-refractivity contribution in [2.75, 3.05) is 13.2 Å². The summed E-state index contributed by atoms with van der Waals surface area (Å²) in [7, 11) is 0. The highest BCUT2D eigenvalue weighted by atomic mass is 16.6. The molecule has 0 aliphatic heterocycles. The summed E-state index contributed by atoms with van der Waals surface area (Å²) in [5.74, 6) is -0.858. The van der Waals surface area contributed by atoms with Crippen molar-refractivity contribution >= 4 is 17.9 Å². The Balaban J connectivity index is 3.97. The Morgan fingerprint density at radius 1 is 0.299 bits per heavy atom. The molecule has 0 aromatic carbocycles. The predicted molar refractivity (Wildman–Crippen MR) is 289 cm³/mol. The molecule has 67 heavy (non-hydrogen) atoms. The predicted octanol–water partition coefficient (Wildman–Crippen LogP) is 19.7. The molecule has 1 unspecified atom stereocenters. The maximum absolute atomic E-state index is 12.7. The van der Waals surface area contributed by atoms with Crippen LogP contribution in [0.3, 0.4) is 0 Å². The molecule has 6 heteroatoms. The molecule has 0 aromatic heterocycles. The van der Waals surface area contributed by atoms with Gasteiger partial charge in [-0.15, -0.1) is 0 Å². The molecule has 0 heterocycles. The SMILES string of the molecule is CCCCCCC/C=C\C/C=C\C/C=C\CCCCCCCCCCCCCCCCCCC(=O)OCC(COC(=O)CCCCCCCCCCC)OC(=O)CCCCCCCCCCC. The van der Waals surface area contributed by atoms with Gasteiger partial charge in [-0.25, -0.2) is 0 Å². The van der Waals surface area contributed by atoms with Crippen molar-refractivity contribution in [1.29, 1.82) is 0 Å². The summed E-state index contributed by atoms with van der Waals surface area (Å²) in [5.41, 5.74) is 0. The number of hydrogen-bond acceptors (Lipinski definition) is 6. The van der Waals surface area contributed by atoms with Crippen LogP contribution in [0.1, 0.15) is 316 Å². The molecule has 6 nitrogen and oxygen atoms in total. The van der Waals surface area contributed by atoms with Gasteiger partial charge in [-0.2, -0.15) is 0 Å². The second-order valence-corrected chi connectivity index (χ2v) is 19.9. The zero-order chi connectivity index (χ0) is 48.6. The van der Waals surface area contributed by atoms with E-state index in [4.69, 9.17) is 14.2 Å². The molecule has 0 saturated heterocycles. The van der Waals surface area contributed by atoms with Gasteiger partial charge in [0.1, 0.15) is 13.2 Å². The normalized spacial score (nSPS) is 12.2. The van der Waals surface area contributed by atoms with E-state index in [2.05, 4.69) is 57.2 Å². The molecule has 0 aliphatic rings. The average molecular weight is 942 g/mol. The minimum Gasteiger partial charge on any atom is -0.462 e. The first-order valence-corrected chi connectivity index (χ1v) is 29.5. The van der Waals surface area contributed by atoms with Gasteiger partial charge in [0.25, 0.3) is 0 Å². The number of rotatable bonds is 54. The summed E-state index contributed by atoms with van der Waals surface area (Å²) in [6, 6.07) is 0. The van der Waals surface area contributed by atoms with Gasteiger partial charge in [-0.3, -0.25) is 14.4 Å². The van der Waals surface area contributed by atoms with Crippen molar-refractivity contribution in [3.63, 3.8) is 0 Å². The Bertz CT molecular complexity index is 1130. The third-order valence-electron chi connectivity index (χ3n) is 13.1. The fourth-order valence-electron chi connectivity index (χ4n) is 8.69. The Morgan fingerprint density at radius 3 is 0.836 bits per heavy atom. The minimum absolute atomic E-state index is 0.0669. The first-order valence-electron chi connectivity index (χ1n) is 29.5. The van der Waals surface area contributed by atoms with Gasteiger partial charge in [0.2, 0.25) is 0 Å². The smallest absolute Gasteiger partial charge is 0.306 e. The lowest BCUT2D eigenvalue weighted by molar-refractivity contribution is -0.167. The summed E-state index contributed by atoms with van der Waals surface area (Å²) < 4.78 is 16.8. The molecule has 0 N–H and O–H groups in total. The van der Waals surface area contributed by atoms with Crippen LogP contribution < -0.4 is 0 Å². The molecule has 0 saturated carbocycles. The number of carbonyl (C=O) groups is 3. The first kappa shape index (κ1) is 64.6. The van der Waals surface area contributed by atoms with Crippen LogP contribution in [0.15, 0.2) is 36.5 Å². The molecular weight excluding hydrogens is 829 g/mol. The lowest BCUT2D eigenvalue weighted by Gasteiger charge is -2.18. The first-order chi connectivity index (χ1) is 33.0. The minimum atomic E-state index is -0.763. The second kappa shape index (κ2) is 56.2. The van der Waals surface area contributed by atoms with Gasteiger partial charge in [0.05, 0.1) is 0 Å². The standard InChI is InChI=1S/C61H112O6/c1-4-7-10-13-16-19-20-21-22-23-24-25-26-27-28-29-30-31-32-33-34-35-36-37-38-39-40-43-45-48-51-54-60(63)66-57-58(67-61(64)55-52-49-46-42-18-15-12-9-6-3)56-65-59(62)53-50-47-44-41-17-14-11-8-5-2/h20-21,23-24,26-27,58H,4-19,22,25,28-57H2,1-3H3/b21-20-,24-23-,27-26-. The van der Waals surface area contributed by atoms with Crippen molar-refractivity contribution in [2.24, 2.45) is 0 Å². The second-order valence-electron chi connectivity index (χ2n) is 19.9. The molecular formula is C61H112O6. The van der Waals surface area contributed by atoms with E-state index >= 15 is 0 Å². The molecule has 1 atom stereocenters. The molecule has 0 aliphatic carbocycles. The van der Waals surface area contributed by atoms with Gasteiger partial charge in [-0.05, 0) is 57.8 Å². The van der Waals surface area contributed by atoms with Gasteiger partial charge in [0, 0.05) is 19.3 Å². The lowest BCUT2D eigenvalue weighted by atomic mass is 10.0. The van der Waals surface area contributed by atoms with E-state index in [1.165, 1.54) is 205 Å². The van der Waals surface area contributed by atoms with Gasteiger partial charge in [-0.1, -0.05) is 276 Å². The van der Waals surface area contributed by atoms with Gasteiger partial charge < -0.3 is 14.2 Å². The summed E-state index contributed by atoms with van der Waals surface area (Å²) in [6.07, 6.45) is 67.5. The van der Waals surface area contributed by atoms with Gasteiger partial charge in [0.15, 0.2) is 6.10 Å². The van der Waals surface area contributed by atoms with Crippen LogP contribution >= 0.6 is 0 Å². The zero-order valence-corrected chi connectivity index (χ0v) is 44.9. The van der Waals surface area contributed by atoms with Crippen LogP contribution in [-0.4, -0.2) is 37.2 Å². The van der Waals surface area contributed by atoms with Crippen molar-refractivity contribution in [2.45, 2.75) is 322 Å². The van der Waals surface area contributed by atoms with Crippen molar-refractivity contribution in [3.05, 3.63) is 36.5 Å². The molecule has 0 amide bonds. The number of ether oxygens (including phenoxy) is 3. The molecule has 0 radical (unpaired) electrons. The largest absolute Gasteiger partial charge is 0.462 e. The Morgan fingerprint density at radius 2 is 0.537 bits per heavy atom. The molecule has 0 fully saturated rings. The number of allylic oxidation sites excluding steroid dienone is 6. The van der Waals surface area contributed by atoms with E-state index in [1.54, 1.807) is 0 Å². The van der Waals surface area contributed by atoms with Crippen LogP contribution in [0.2, 0.25) is 0 Å².